The van der Waals surface area contributed by atoms with Gasteiger partial charge in [0.2, 0.25) is 0 Å². The van der Waals surface area contributed by atoms with Crippen molar-refractivity contribution in [2.75, 3.05) is 0 Å². The van der Waals surface area contributed by atoms with E-state index in [2.05, 4.69) is 31.9 Å². The molecular formula is C8H8Br2Cl2. The Bertz CT molecular complexity index is 205. The number of rotatable bonds is 0. The third kappa shape index (κ3) is 0.910. The Morgan fingerprint density at radius 2 is 1.33 bits per heavy atom. The Morgan fingerprint density at radius 3 is 1.75 bits per heavy atom. The lowest BCUT2D eigenvalue weighted by molar-refractivity contribution is 0.457. The highest BCUT2D eigenvalue weighted by Gasteiger charge is 2.75. The number of halogens is 4. The molecule has 0 saturated heterocycles. The molecule has 0 nitrogen and oxygen atoms in total. The second-order valence-corrected chi connectivity index (χ2v) is 9.38. The third-order valence-corrected chi connectivity index (χ3v) is 7.22. The van der Waals surface area contributed by atoms with Crippen molar-refractivity contribution in [3.05, 3.63) is 0 Å². The van der Waals surface area contributed by atoms with Gasteiger partial charge in [0, 0.05) is 0 Å². The Kier molecular flexibility index (Phi) is 1.62. The number of hydrogen-bond acceptors (Lipinski definition) is 0. The van der Waals surface area contributed by atoms with Crippen LogP contribution >= 0.6 is 55.1 Å². The zero-order valence-electron chi connectivity index (χ0n) is 6.24. The molecular weight excluding hydrogens is 327 g/mol. The molecule has 0 spiro atoms. The molecule has 3 aliphatic carbocycles. The van der Waals surface area contributed by atoms with Gasteiger partial charge in [0.15, 0.2) is 0 Å². The van der Waals surface area contributed by atoms with Gasteiger partial charge in [0.05, 0.1) is 3.23 Å². The van der Waals surface area contributed by atoms with Crippen molar-refractivity contribution in [2.45, 2.75) is 20.4 Å². The standard InChI is InChI=1S/C8H8Br2Cl2/c9-7(10)3-1-5-6(2-4(3)7)8(5,11)12/h3-6H,1-2H2. The number of hydrogen-bond donors (Lipinski definition) is 0. The molecule has 3 fully saturated rings. The average Bonchev–Trinajstić information content (AvgIpc) is 2.72. The quantitative estimate of drug-likeness (QED) is 0.589. The van der Waals surface area contributed by atoms with Crippen LogP contribution in [0.2, 0.25) is 0 Å². The maximum absolute atomic E-state index is 6.13. The number of alkyl halides is 4. The molecule has 0 heterocycles. The summed E-state index contributed by atoms with van der Waals surface area (Å²) in [6.07, 6.45) is 2.39. The van der Waals surface area contributed by atoms with E-state index in [1.54, 1.807) is 0 Å². The summed E-state index contributed by atoms with van der Waals surface area (Å²) in [6, 6.07) is 0. The Labute approximate surface area is 98.6 Å². The van der Waals surface area contributed by atoms with Crippen molar-refractivity contribution in [1.29, 1.82) is 0 Å². The van der Waals surface area contributed by atoms with Gasteiger partial charge >= 0.3 is 0 Å². The molecule has 4 atom stereocenters. The molecule has 3 rings (SSSR count). The lowest BCUT2D eigenvalue weighted by Gasteiger charge is -2.02. The SMILES string of the molecule is ClC1(Cl)C2CC3C(CC21)C3(Br)Br. The van der Waals surface area contributed by atoms with Crippen molar-refractivity contribution in [3.8, 4) is 0 Å². The van der Waals surface area contributed by atoms with Crippen LogP contribution in [0, 0.1) is 23.7 Å². The summed E-state index contributed by atoms with van der Waals surface area (Å²) in [5, 5.41) is 0. The second-order valence-electron chi connectivity index (χ2n) is 4.25. The van der Waals surface area contributed by atoms with Gasteiger partial charge in [-0.2, -0.15) is 0 Å². The fourth-order valence-electron chi connectivity index (χ4n) is 2.75. The van der Waals surface area contributed by atoms with E-state index < -0.39 is 0 Å². The van der Waals surface area contributed by atoms with Gasteiger partial charge in [-0.05, 0) is 36.5 Å². The second kappa shape index (κ2) is 2.20. The van der Waals surface area contributed by atoms with Crippen molar-refractivity contribution in [1.82, 2.24) is 0 Å². The highest BCUT2D eigenvalue weighted by Crippen LogP contribution is 2.78. The molecule has 3 saturated carbocycles. The Balaban J connectivity index is 1.80. The largest absolute Gasteiger partial charge is 0.124 e. The third-order valence-electron chi connectivity index (χ3n) is 3.75. The summed E-state index contributed by atoms with van der Waals surface area (Å²) < 4.78 is -0.138. The first-order chi connectivity index (χ1) is 5.45. The summed E-state index contributed by atoms with van der Waals surface area (Å²) in [5.41, 5.74) is 0. The van der Waals surface area contributed by atoms with Gasteiger partial charge in [-0.1, -0.05) is 31.9 Å². The van der Waals surface area contributed by atoms with Crippen LogP contribution in [0.5, 0.6) is 0 Å². The first kappa shape index (κ1) is 8.82. The van der Waals surface area contributed by atoms with Crippen molar-refractivity contribution >= 4 is 55.1 Å². The Morgan fingerprint density at radius 1 is 0.917 bits per heavy atom. The normalized spacial score (nSPS) is 57.0. The molecule has 0 N–H and O–H groups in total. The first-order valence-electron chi connectivity index (χ1n) is 4.21. The van der Waals surface area contributed by atoms with E-state index in [-0.39, 0.29) is 7.57 Å². The van der Waals surface area contributed by atoms with Gasteiger partial charge in [-0.25, -0.2) is 0 Å². The predicted molar refractivity (Wildman–Crippen MR) is 58.2 cm³/mol. The zero-order valence-corrected chi connectivity index (χ0v) is 10.9. The van der Waals surface area contributed by atoms with Crippen molar-refractivity contribution in [3.63, 3.8) is 0 Å². The van der Waals surface area contributed by atoms with Gasteiger partial charge in [0.1, 0.15) is 4.33 Å². The van der Waals surface area contributed by atoms with Crippen LogP contribution in [0.3, 0.4) is 0 Å². The molecule has 0 aromatic rings. The minimum absolute atomic E-state index is 0.233. The molecule has 0 aliphatic heterocycles. The number of fused-ring (bicyclic) bond motifs is 2. The van der Waals surface area contributed by atoms with E-state index in [4.69, 9.17) is 23.2 Å². The molecule has 0 bridgehead atoms. The summed E-state index contributed by atoms with van der Waals surface area (Å²) in [7, 11) is 0. The molecule has 0 aromatic heterocycles. The minimum atomic E-state index is -0.372. The van der Waals surface area contributed by atoms with Gasteiger partial charge < -0.3 is 0 Å². The molecule has 0 radical (unpaired) electrons. The zero-order chi connectivity index (χ0) is 8.72. The first-order valence-corrected chi connectivity index (χ1v) is 6.55. The van der Waals surface area contributed by atoms with Crippen molar-refractivity contribution < 1.29 is 0 Å². The van der Waals surface area contributed by atoms with E-state index in [9.17, 15) is 0 Å². The molecule has 4 heteroatoms. The van der Waals surface area contributed by atoms with Gasteiger partial charge in [-0.15, -0.1) is 23.2 Å². The fraction of sp³-hybridized carbons (Fsp3) is 1.00. The Hall–Kier alpha value is 1.54. The van der Waals surface area contributed by atoms with E-state index >= 15 is 0 Å². The van der Waals surface area contributed by atoms with E-state index in [1.807, 2.05) is 0 Å². The van der Waals surface area contributed by atoms with Gasteiger partial charge in [0.25, 0.3) is 0 Å². The fourth-order valence-corrected chi connectivity index (χ4v) is 5.35. The highest BCUT2D eigenvalue weighted by molar-refractivity contribution is 9.25. The van der Waals surface area contributed by atoms with Crippen LogP contribution in [0.15, 0.2) is 0 Å². The van der Waals surface area contributed by atoms with Gasteiger partial charge in [-0.3, -0.25) is 0 Å². The maximum Gasteiger partial charge on any atom is 0.124 e. The lowest BCUT2D eigenvalue weighted by atomic mass is 10.0. The van der Waals surface area contributed by atoms with E-state index in [1.165, 1.54) is 12.8 Å². The summed E-state index contributed by atoms with van der Waals surface area (Å²) >= 11 is 19.6. The molecule has 4 unspecified atom stereocenters. The molecule has 0 aromatic carbocycles. The molecule has 0 amide bonds. The summed E-state index contributed by atoms with van der Waals surface area (Å²) in [4.78, 5) is 0. The van der Waals surface area contributed by atoms with Crippen LogP contribution in [-0.2, 0) is 0 Å². The van der Waals surface area contributed by atoms with Crippen LogP contribution in [0.25, 0.3) is 0 Å². The molecule has 12 heavy (non-hydrogen) atoms. The topological polar surface area (TPSA) is 0 Å². The molecule has 3 aliphatic rings. The minimum Gasteiger partial charge on any atom is -0.101 e. The highest BCUT2D eigenvalue weighted by atomic mass is 79.9. The van der Waals surface area contributed by atoms with Crippen LogP contribution in [0.1, 0.15) is 12.8 Å². The average molecular weight is 335 g/mol. The molecule has 68 valence electrons. The van der Waals surface area contributed by atoms with Crippen LogP contribution < -0.4 is 0 Å². The summed E-state index contributed by atoms with van der Waals surface area (Å²) in [5.74, 6) is 2.66. The van der Waals surface area contributed by atoms with Crippen molar-refractivity contribution in [2.24, 2.45) is 23.7 Å². The maximum atomic E-state index is 6.13. The predicted octanol–water partition coefficient (Wildman–Crippen LogP) is 3.93. The summed E-state index contributed by atoms with van der Waals surface area (Å²) in [6.45, 7) is 0. The smallest absolute Gasteiger partial charge is 0.101 e. The monoisotopic (exact) mass is 332 g/mol. The van der Waals surface area contributed by atoms with Crippen LogP contribution in [-0.4, -0.2) is 7.57 Å². The van der Waals surface area contributed by atoms with E-state index in [0.29, 0.717) is 11.8 Å². The van der Waals surface area contributed by atoms with E-state index in [0.717, 1.165) is 11.8 Å². The lowest BCUT2D eigenvalue weighted by Crippen LogP contribution is -1.95. The van der Waals surface area contributed by atoms with Crippen LogP contribution in [0.4, 0.5) is 0 Å².